The second-order valence-corrected chi connectivity index (χ2v) is 9.05. The summed E-state index contributed by atoms with van der Waals surface area (Å²) in [6.07, 6.45) is -0.239. The van der Waals surface area contributed by atoms with Crippen molar-refractivity contribution in [2.75, 3.05) is 44.3 Å². The summed E-state index contributed by atoms with van der Waals surface area (Å²) < 4.78 is 18.6. The van der Waals surface area contributed by atoms with Crippen LogP contribution in [-0.2, 0) is 14.3 Å². The van der Waals surface area contributed by atoms with Crippen molar-refractivity contribution in [3.8, 4) is 0 Å². The second-order valence-electron chi connectivity index (χ2n) is 9.05. The Hall–Kier alpha value is -3.21. The van der Waals surface area contributed by atoms with Crippen molar-refractivity contribution in [3.05, 3.63) is 30.1 Å². The molecule has 1 atom stereocenters. The highest BCUT2D eigenvalue weighted by Gasteiger charge is 2.35. The number of nitrogens with zero attached hydrogens (tertiary/aromatic N) is 4. The Kier molecular flexibility index (Phi) is 7.52. The first-order chi connectivity index (χ1) is 15.5. The standard InChI is InChI=1S/C22H31FN6O4/c1-22(2,3)33-21(32)28-12-10-27(11-13-28)9-8-25-20(31)17-14-18(19(24)30)29(26-17)16-6-4-15(23)5-7-16/h4-7,18H,8-14H2,1-3H3,(H2,24,30)(H,25,31). The predicted octanol–water partition coefficient (Wildman–Crippen LogP) is 0.915. The Morgan fingerprint density at radius 1 is 1.15 bits per heavy atom. The molecular formula is C22H31FN6O4. The van der Waals surface area contributed by atoms with E-state index in [0.717, 1.165) is 0 Å². The van der Waals surface area contributed by atoms with Gasteiger partial charge in [-0.1, -0.05) is 0 Å². The molecule has 2 heterocycles. The molecule has 11 heteroatoms. The molecule has 2 aliphatic heterocycles. The van der Waals surface area contributed by atoms with E-state index in [9.17, 15) is 18.8 Å². The van der Waals surface area contributed by atoms with Crippen molar-refractivity contribution in [2.24, 2.45) is 10.8 Å². The number of anilines is 1. The lowest BCUT2D eigenvalue weighted by molar-refractivity contribution is -0.119. The summed E-state index contributed by atoms with van der Waals surface area (Å²) in [5.74, 6) is -1.41. The van der Waals surface area contributed by atoms with Crippen LogP contribution in [0.3, 0.4) is 0 Å². The lowest BCUT2D eigenvalue weighted by Crippen LogP contribution is -2.51. The monoisotopic (exact) mass is 462 g/mol. The van der Waals surface area contributed by atoms with Gasteiger partial charge in [-0.25, -0.2) is 9.18 Å². The van der Waals surface area contributed by atoms with Gasteiger partial charge in [-0.05, 0) is 45.0 Å². The number of hydrazone groups is 1. The van der Waals surface area contributed by atoms with E-state index in [1.54, 1.807) is 4.90 Å². The third-order valence-corrected chi connectivity index (χ3v) is 5.33. The van der Waals surface area contributed by atoms with E-state index in [4.69, 9.17) is 10.5 Å². The summed E-state index contributed by atoms with van der Waals surface area (Å²) in [4.78, 5) is 40.4. The average Bonchev–Trinajstić information content (AvgIpc) is 3.19. The van der Waals surface area contributed by atoms with Crippen molar-refractivity contribution in [3.63, 3.8) is 0 Å². The summed E-state index contributed by atoms with van der Waals surface area (Å²) in [6.45, 7) is 8.99. The van der Waals surface area contributed by atoms with Gasteiger partial charge in [0.2, 0.25) is 5.91 Å². The van der Waals surface area contributed by atoms with Gasteiger partial charge in [0.1, 0.15) is 23.2 Å². The number of hydrogen-bond donors (Lipinski definition) is 2. The quantitative estimate of drug-likeness (QED) is 0.649. The SMILES string of the molecule is CC(C)(C)OC(=O)N1CCN(CCNC(=O)C2=NN(c3ccc(F)cc3)C(C(N)=O)C2)CC1. The van der Waals surface area contributed by atoms with Gasteiger partial charge in [0.05, 0.1) is 5.69 Å². The van der Waals surface area contributed by atoms with Crippen molar-refractivity contribution in [2.45, 2.75) is 38.8 Å². The molecule has 3 rings (SSSR count). The Morgan fingerprint density at radius 2 is 1.79 bits per heavy atom. The molecule has 1 unspecified atom stereocenters. The normalized spacial score (nSPS) is 19.3. The van der Waals surface area contributed by atoms with Crippen LogP contribution in [-0.4, -0.2) is 84.3 Å². The Morgan fingerprint density at radius 3 is 2.36 bits per heavy atom. The number of hydrogen-bond acceptors (Lipinski definition) is 7. The second kappa shape index (κ2) is 10.2. The summed E-state index contributed by atoms with van der Waals surface area (Å²) in [5.41, 5.74) is 5.62. The van der Waals surface area contributed by atoms with Crippen molar-refractivity contribution in [1.82, 2.24) is 15.1 Å². The van der Waals surface area contributed by atoms with E-state index >= 15 is 0 Å². The molecule has 10 nitrogen and oxygen atoms in total. The maximum Gasteiger partial charge on any atom is 0.410 e. The van der Waals surface area contributed by atoms with Gasteiger partial charge in [0.25, 0.3) is 5.91 Å². The van der Waals surface area contributed by atoms with Crippen molar-refractivity contribution >= 4 is 29.3 Å². The molecule has 3 N–H and O–H groups in total. The van der Waals surface area contributed by atoms with E-state index in [0.29, 0.717) is 45.0 Å². The average molecular weight is 463 g/mol. The zero-order valence-electron chi connectivity index (χ0n) is 19.2. The Balaban J connectivity index is 1.47. The lowest BCUT2D eigenvalue weighted by atomic mass is 10.1. The smallest absolute Gasteiger partial charge is 0.410 e. The van der Waals surface area contributed by atoms with Gasteiger partial charge in [-0.2, -0.15) is 5.10 Å². The summed E-state index contributed by atoms with van der Waals surface area (Å²) >= 11 is 0. The van der Waals surface area contributed by atoms with Crippen LogP contribution in [0.2, 0.25) is 0 Å². The predicted molar refractivity (Wildman–Crippen MR) is 121 cm³/mol. The van der Waals surface area contributed by atoms with Crippen molar-refractivity contribution < 1.29 is 23.5 Å². The zero-order chi connectivity index (χ0) is 24.2. The van der Waals surface area contributed by atoms with E-state index in [1.165, 1.54) is 29.3 Å². The fraction of sp³-hybridized carbons (Fsp3) is 0.545. The zero-order valence-corrected chi connectivity index (χ0v) is 19.2. The van der Waals surface area contributed by atoms with Crippen LogP contribution < -0.4 is 16.1 Å². The molecule has 3 amide bonds. The van der Waals surface area contributed by atoms with Gasteiger partial charge >= 0.3 is 6.09 Å². The minimum absolute atomic E-state index is 0.0765. The fourth-order valence-electron chi connectivity index (χ4n) is 3.61. The highest BCUT2D eigenvalue weighted by atomic mass is 19.1. The molecule has 1 saturated heterocycles. The van der Waals surface area contributed by atoms with Crippen molar-refractivity contribution in [1.29, 1.82) is 0 Å². The van der Waals surface area contributed by atoms with Crippen LogP contribution in [0.5, 0.6) is 0 Å². The van der Waals surface area contributed by atoms with Gasteiger partial charge in [0.15, 0.2) is 0 Å². The highest BCUT2D eigenvalue weighted by Crippen LogP contribution is 2.25. The highest BCUT2D eigenvalue weighted by molar-refractivity contribution is 6.40. The molecule has 2 aliphatic rings. The van der Waals surface area contributed by atoms with Crippen LogP contribution in [0.15, 0.2) is 29.4 Å². The first kappa shape index (κ1) is 24.4. The minimum atomic E-state index is -0.808. The molecule has 1 fully saturated rings. The molecule has 0 radical (unpaired) electrons. The molecule has 0 bridgehead atoms. The molecular weight excluding hydrogens is 431 g/mol. The molecule has 1 aromatic carbocycles. The van der Waals surface area contributed by atoms with Crippen LogP contribution >= 0.6 is 0 Å². The molecule has 0 aromatic heterocycles. The lowest BCUT2D eigenvalue weighted by Gasteiger charge is -2.35. The number of nitrogens with two attached hydrogens (primary N) is 1. The topological polar surface area (TPSA) is 121 Å². The number of rotatable bonds is 6. The maximum absolute atomic E-state index is 13.2. The molecule has 0 aliphatic carbocycles. The number of halogens is 1. The number of benzene rings is 1. The fourth-order valence-corrected chi connectivity index (χ4v) is 3.61. The molecule has 180 valence electrons. The minimum Gasteiger partial charge on any atom is -0.444 e. The number of piperazine rings is 1. The number of carbonyl (C=O) groups excluding carboxylic acids is 3. The van der Waals surface area contributed by atoms with Crippen LogP contribution in [0.25, 0.3) is 0 Å². The van der Waals surface area contributed by atoms with Crippen LogP contribution in [0.4, 0.5) is 14.9 Å². The summed E-state index contributed by atoms with van der Waals surface area (Å²) in [5, 5.41) is 8.43. The first-order valence-electron chi connectivity index (χ1n) is 10.9. The molecule has 1 aromatic rings. The first-order valence-corrected chi connectivity index (χ1v) is 10.9. The molecule has 33 heavy (non-hydrogen) atoms. The molecule has 0 saturated carbocycles. The number of primary amides is 1. The van der Waals surface area contributed by atoms with Gasteiger partial charge < -0.3 is 20.7 Å². The van der Waals surface area contributed by atoms with E-state index in [2.05, 4.69) is 15.3 Å². The Labute approximate surface area is 192 Å². The maximum atomic E-state index is 13.2. The van der Waals surface area contributed by atoms with E-state index in [-0.39, 0.29) is 24.1 Å². The number of carbonyl (C=O) groups is 3. The number of nitrogens with one attached hydrogen (secondary N) is 1. The van der Waals surface area contributed by atoms with E-state index < -0.39 is 23.4 Å². The molecule has 0 spiro atoms. The van der Waals surface area contributed by atoms with Crippen LogP contribution in [0, 0.1) is 5.82 Å². The van der Waals surface area contributed by atoms with Crippen LogP contribution in [0.1, 0.15) is 27.2 Å². The summed E-state index contributed by atoms with van der Waals surface area (Å²) in [6, 6.07) is 4.66. The van der Waals surface area contributed by atoms with Gasteiger partial charge in [-0.15, -0.1) is 0 Å². The van der Waals surface area contributed by atoms with Gasteiger partial charge in [0, 0.05) is 45.7 Å². The Bertz CT molecular complexity index is 906. The van der Waals surface area contributed by atoms with Gasteiger partial charge in [-0.3, -0.25) is 19.5 Å². The third-order valence-electron chi connectivity index (χ3n) is 5.33. The number of amides is 3. The summed E-state index contributed by atoms with van der Waals surface area (Å²) in [7, 11) is 0. The number of ether oxygens (including phenoxy) is 1. The largest absolute Gasteiger partial charge is 0.444 e. The van der Waals surface area contributed by atoms with E-state index in [1.807, 2.05) is 20.8 Å². The third kappa shape index (κ3) is 6.64.